The summed E-state index contributed by atoms with van der Waals surface area (Å²) in [5.41, 5.74) is -1.44. The van der Waals surface area contributed by atoms with E-state index in [4.69, 9.17) is 22.0 Å². The Balaban J connectivity index is 3.12. The molecule has 0 radical (unpaired) electrons. The number of hydrogen-bond acceptors (Lipinski definition) is 4. The Morgan fingerprint density at radius 1 is 1.50 bits per heavy atom. The Morgan fingerprint density at radius 3 is 2.60 bits per heavy atom. The van der Waals surface area contributed by atoms with Crippen LogP contribution in [0.3, 0.4) is 0 Å². The van der Waals surface area contributed by atoms with Crippen LogP contribution < -0.4 is 4.72 Å². The number of benzene rings is 1. The molecule has 0 aliphatic heterocycles. The van der Waals surface area contributed by atoms with E-state index in [1.807, 2.05) is 0 Å². The zero-order valence-electron chi connectivity index (χ0n) is 10.8. The number of aliphatic carboxylic acids is 1. The molecule has 1 aromatic carbocycles. The maximum atomic E-state index is 12.1. The molecule has 0 heterocycles. The molecule has 0 amide bonds. The molecule has 0 bridgehead atoms. The molecule has 0 aromatic heterocycles. The maximum absolute atomic E-state index is 12.1. The first kappa shape index (κ1) is 16.4. The van der Waals surface area contributed by atoms with Crippen LogP contribution in [-0.2, 0) is 14.8 Å². The van der Waals surface area contributed by atoms with Gasteiger partial charge in [-0.25, -0.2) is 13.1 Å². The Kier molecular flexibility index (Phi) is 4.76. The normalized spacial score (nSPS) is 11.9. The first-order chi connectivity index (χ1) is 9.12. The lowest BCUT2D eigenvalue weighted by atomic mass is 9.95. The van der Waals surface area contributed by atoms with Gasteiger partial charge in [-0.15, -0.1) is 0 Å². The van der Waals surface area contributed by atoms with Gasteiger partial charge in [0.05, 0.1) is 16.0 Å². The summed E-state index contributed by atoms with van der Waals surface area (Å²) in [5, 5.41) is 17.9. The molecule has 1 aromatic rings. The second kappa shape index (κ2) is 5.79. The molecular weight excluding hydrogens is 304 g/mol. The van der Waals surface area contributed by atoms with Crippen molar-refractivity contribution < 1.29 is 18.3 Å². The van der Waals surface area contributed by atoms with E-state index in [2.05, 4.69) is 4.72 Å². The highest BCUT2D eigenvalue weighted by atomic mass is 35.5. The van der Waals surface area contributed by atoms with Gasteiger partial charge in [-0.1, -0.05) is 17.7 Å². The van der Waals surface area contributed by atoms with Crippen molar-refractivity contribution in [1.29, 1.82) is 5.26 Å². The fraction of sp³-hybridized carbons (Fsp3) is 0.333. The van der Waals surface area contributed by atoms with Crippen LogP contribution in [0.5, 0.6) is 0 Å². The van der Waals surface area contributed by atoms with E-state index >= 15 is 0 Å². The third-order valence-electron chi connectivity index (χ3n) is 2.66. The molecule has 0 fully saturated rings. The summed E-state index contributed by atoms with van der Waals surface area (Å²) in [6.45, 7) is 2.48. The first-order valence-corrected chi connectivity index (χ1v) is 7.39. The van der Waals surface area contributed by atoms with Crippen LogP contribution in [0.4, 0.5) is 0 Å². The minimum atomic E-state index is -4.01. The topological polar surface area (TPSA) is 107 Å². The van der Waals surface area contributed by atoms with Crippen molar-refractivity contribution in [2.75, 3.05) is 6.54 Å². The SMILES string of the molecule is CC(C)(CNS(=O)(=O)c1cccc(Cl)c1C#N)C(=O)O. The molecule has 20 heavy (non-hydrogen) atoms. The number of hydrogen-bond donors (Lipinski definition) is 2. The second-order valence-electron chi connectivity index (χ2n) is 4.74. The third kappa shape index (κ3) is 3.48. The number of rotatable bonds is 5. The van der Waals surface area contributed by atoms with Gasteiger partial charge >= 0.3 is 5.97 Å². The zero-order valence-corrected chi connectivity index (χ0v) is 12.4. The van der Waals surface area contributed by atoms with E-state index < -0.39 is 21.4 Å². The molecule has 0 unspecified atom stereocenters. The molecule has 108 valence electrons. The Bertz CT molecular complexity index is 677. The van der Waals surface area contributed by atoms with Gasteiger partial charge in [-0.05, 0) is 26.0 Å². The minimum absolute atomic E-state index is 0.0212. The molecule has 8 heteroatoms. The van der Waals surface area contributed by atoms with Gasteiger partial charge in [-0.3, -0.25) is 4.79 Å². The number of nitrogens with zero attached hydrogens (tertiary/aromatic N) is 1. The number of nitrogens with one attached hydrogen (secondary N) is 1. The smallest absolute Gasteiger partial charge is 0.310 e. The molecule has 2 N–H and O–H groups in total. The summed E-state index contributed by atoms with van der Waals surface area (Å²) in [5.74, 6) is -1.13. The average Bonchev–Trinajstić information content (AvgIpc) is 2.36. The van der Waals surface area contributed by atoms with Crippen molar-refractivity contribution >= 4 is 27.6 Å². The third-order valence-corrected chi connectivity index (χ3v) is 4.42. The van der Waals surface area contributed by atoms with E-state index in [9.17, 15) is 13.2 Å². The van der Waals surface area contributed by atoms with Crippen molar-refractivity contribution in [3.63, 3.8) is 0 Å². The largest absolute Gasteiger partial charge is 0.481 e. The van der Waals surface area contributed by atoms with Gasteiger partial charge in [0.25, 0.3) is 0 Å². The Labute approximate surface area is 122 Å². The monoisotopic (exact) mass is 316 g/mol. The van der Waals surface area contributed by atoms with Crippen LogP contribution in [0.15, 0.2) is 23.1 Å². The molecular formula is C12H13ClN2O4S. The highest BCUT2D eigenvalue weighted by Crippen LogP contribution is 2.23. The predicted molar refractivity (Wildman–Crippen MR) is 72.8 cm³/mol. The highest BCUT2D eigenvalue weighted by Gasteiger charge is 2.30. The van der Waals surface area contributed by atoms with E-state index in [-0.39, 0.29) is 22.0 Å². The first-order valence-electron chi connectivity index (χ1n) is 5.53. The fourth-order valence-corrected chi connectivity index (χ4v) is 2.93. The molecule has 0 saturated heterocycles. The average molecular weight is 317 g/mol. The van der Waals surface area contributed by atoms with Crippen LogP contribution >= 0.6 is 11.6 Å². The van der Waals surface area contributed by atoms with Gasteiger partial charge in [0.1, 0.15) is 11.0 Å². The van der Waals surface area contributed by atoms with Crippen LogP contribution in [0.1, 0.15) is 19.4 Å². The van der Waals surface area contributed by atoms with Crippen molar-refractivity contribution in [3.05, 3.63) is 28.8 Å². The van der Waals surface area contributed by atoms with Crippen LogP contribution in [-0.4, -0.2) is 26.0 Å². The van der Waals surface area contributed by atoms with E-state index in [0.29, 0.717) is 0 Å². The van der Waals surface area contributed by atoms with Crippen LogP contribution in [0, 0.1) is 16.7 Å². The van der Waals surface area contributed by atoms with E-state index in [1.165, 1.54) is 32.0 Å². The van der Waals surface area contributed by atoms with Crippen molar-refractivity contribution in [2.45, 2.75) is 18.7 Å². The zero-order chi connectivity index (χ0) is 15.6. The van der Waals surface area contributed by atoms with E-state index in [0.717, 1.165) is 0 Å². The molecule has 0 aliphatic carbocycles. The molecule has 0 spiro atoms. The van der Waals surface area contributed by atoms with Crippen LogP contribution in [0.2, 0.25) is 5.02 Å². The summed E-state index contributed by atoms with van der Waals surface area (Å²) in [4.78, 5) is 10.7. The number of carbonyl (C=O) groups is 1. The quantitative estimate of drug-likeness (QED) is 0.858. The Morgan fingerprint density at radius 2 is 2.10 bits per heavy atom. The maximum Gasteiger partial charge on any atom is 0.310 e. The summed E-state index contributed by atoms with van der Waals surface area (Å²) in [7, 11) is -4.01. The lowest BCUT2D eigenvalue weighted by molar-refractivity contribution is -0.146. The van der Waals surface area contributed by atoms with Crippen LogP contribution in [0.25, 0.3) is 0 Å². The number of carboxylic acids is 1. The predicted octanol–water partition coefficient (Wildman–Crippen LogP) is 1.60. The van der Waals surface area contributed by atoms with Crippen molar-refractivity contribution in [3.8, 4) is 6.07 Å². The summed E-state index contributed by atoms with van der Waals surface area (Å²) < 4.78 is 26.4. The van der Waals surface area contributed by atoms with E-state index in [1.54, 1.807) is 6.07 Å². The summed E-state index contributed by atoms with van der Waals surface area (Å²) in [6, 6.07) is 5.77. The standard InChI is InChI=1S/C12H13ClN2O4S/c1-12(2,11(16)17)7-15-20(18,19)10-5-3-4-9(13)8(10)6-14/h3-5,15H,7H2,1-2H3,(H,16,17). The molecule has 0 aliphatic rings. The van der Waals surface area contributed by atoms with Gasteiger partial charge in [0, 0.05) is 6.54 Å². The van der Waals surface area contributed by atoms with Gasteiger partial charge in [-0.2, -0.15) is 5.26 Å². The highest BCUT2D eigenvalue weighted by molar-refractivity contribution is 7.89. The number of carboxylic acid groups (broad SMARTS) is 1. The summed E-state index contributed by atoms with van der Waals surface area (Å²) in [6.07, 6.45) is 0. The number of halogens is 1. The van der Waals surface area contributed by atoms with Crippen molar-refractivity contribution in [2.24, 2.45) is 5.41 Å². The van der Waals surface area contributed by atoms with Crippen molar-refractivity contribution in [1.82, 2.24) is 4.72 Å². The van der Waals surface area contributed by atoms with Gasteiger partial charge in [0.2, 0.25) is 10.0 Å². The number of nitriles is 1. The van der Waals surface area contributed by atoms with Gasteiger partial charge in [0.15, 0.2) is 0 Å². The second-order valence-corrected chi connectivity index (χ2v) is 6.88. The minimum Gasteiger partial charge on any atom is -0.481 e. The fourth-order valence-electron chi connectivity index (χ4n) is 1.27. The molecule has 0 atom stereocenters. The lowest BCUT2D eigenvalue weighted by Gasteiger charge is -2.19. The lowest BCUT2D eigenvalue weighted by Crippen LogP contribution is -2.39. The summed E-state index contributed by atoms with van der Waals surface area (Å²) >= 11 is 5.77. The number of sulfonamides is 1. The molecule has 0 saturated carbocycles. The van der Waals surface area contributed by atoms with Gasteiger partial charge < -0.3 is 5.11 Å². The molecule has 1 rings (SSSR count). The Hall–Kier alpha value is -1.62. The molecule has 6 nitrogen and oxygen atoms in total.